The van der Waals surface area contributed by atoms with E-state index in [1.807, 2.05) is 12.1 Å². The lowest BCUT2D eigenvalue weighted by molar-refractivity contribution is 0.475. The summed E-state index contributed by atoms with van der Waals surface area (Å²) in [5.74, 6) is 0.552. The van der Waals surface area contributed by atoms with E-state index >= 15 is 0 Å². The number of aromatic nitrogens is 2. The minimum atomic E-state index is -0.212. The highest BCUT2D eigenvalue weighted by Crippen LogP contribution is 2.15. The number of unbranched alkanes of at least 4 members (excludes halogenated alkanes) is 4. The summed E-state index contributed by atoms with van der Waals surface area (Å²) in [6.45, 7) is 3.96. The highest BCUT2D eigenvalue weighted by molar-refractivity contribution is 6.00. The molecule has 0 aliphatic carbocycles. The number of nitrogens with zero attached hydrogens (tertiary/aromatic N) is 2. The fraction of sp³-hybridized carbons (Fsp3) is 0.421. The zero-order valence-electron chi connectivity index (χ0n) is 14.9. The summed E-state index contributed by atoms with van der Waals surface area (Å²) < 4.78 is 0. The normalized spacial score (nSPS) is 11.5. The summed E-state index contributed by atoms with van der Waals surface area (Å²) in [6.07, 6.45) is 6.70. The highest BCUT2D eigenvalue weighted by Gasteiger charge is 2.05. The number of phenols is 1. The van der Waals surface area contributed by atoms with Crippen molar-refractivity contribution in [1.29, 1.82) is 0 Å². The van der Waals surface area contributed by atoms with Crippen LogP contribution < -0.4 is 11.0 Å². The molecular weight excluding hydrogens is 316 g/mol. The van der Waals surface area contributed by atoms with Crippen LogP contribution in [0.5, 0.6) is 5.75 Å². The predicted octanol–water partition coefficient (Wildman–Crippen LogP) is 3.96. The number of hydrogen-bond donors (Lipinski definition) is 3. The number of hydrazone groups is 1. The van der Waals surface area contributed by atoms with Gasteiger partial charge in [0.15, 0.2) is 0 Å². The Bertz CT molecular complexity index is 751. The van der Waals surface area contributed by atoms with Gasteiger partial charge in [0.05, 0.1) is 5.71 Å². The largest absolute Gasteiger partial charge is 0.508 e. The van der Waals surface area contributed by atoms with Crippen LogP contribution in [0.1, 0.15) is 56.7 Å². The molecule has 1 aromatic carbocycles. The maximum Gasteiger partial charge on any atom is 0.252 e. The topological polar surface area (TPSA) is 90.4 Å². The second-order valence-corrected chi connectivity index (χ2v) is 6.12. The van der Waals surface area contributed by atoms with Crippen LogP contribution in [-0.4, -0.2) is 20.8 Å². The molecule has 134 valence electrons. The smallest absolute Gasteiger partial charge is 0.252 e. The van der Waals surface area contributed by atoms with Gasteiger partial charge in [-0.2, -0.15) is 5.10 Å². The Labute approximate surface area is 148 Å². The number of rotatable bonds is 9. The number of benzene rings is 1. The molecule has 3 N–H and O–H groups in total. The van der Waals surface area contributed by atoms with Gasteiger partial charge >= 0.3 is 0 Å². The Morgan fingerprint density at radius 1 is 1.20 bits per heavy atom. The number of anilines is 1. The number of H-pyrrole nitrogens is 1. The van der Waals surface area contributed by atoms with Gasteiger partial charge in [-0.15, -0.1) is 0 Å². The molecule has 0 spiro atoms. The molecule has 0 amide bonds. The van der Waals surface area contributed by atoms with Gasteiger partial charge in [-0.1, -0.05) is 32.6 Å². The Morgan fingerprint density at radius 3 is 2.60 bits per heavy atom. The monoisotopic (exact) mass is 342 g/mol. The van der Waals surface area contributed by atoms with Crippen molar-refractivity contribution in [1.82, 2.24) is 9.97 Å². The van der Waals surface area contributed by atoms with Crippen molar-refractivity contribution in [2.45, 2.75) is 52.4 Å². The van der Waals surface area contributed by atoms with Gasteiger partial charge in [-0.05, 0) is 49.6 Å². The number of aromatic hydroxyl groups is 1. The number of aryl methyl sites for hydroxylation is 1. The SMILES string of the molecule is CCCCCCCC(=NNc1nc(C)cc(=O)[nH]1)c1ccc(O)cc1. The number of nitrogens with one attached hydrogen (secondary N) is 2. The lowest BCUT2D eigenvalue weighted by Gasteiger charge is -2.08. The van der Waals surface area contributed by atoms with Crippen LogP contribution in [0.3, 0.4) is 0 Å². The molecule has 6 heteroatoms. The molecule has 2 rings (SSSR count). The van der Waals surface area contributed by atoms with Crippen molar-refractivity contribution in [3.8, 4) is 5.75 Å². The summed E-state index contributed by atoms with van der Waals surface area (Å²) in [4.78, 5) is 18.4. The first-order valence-corrected chi connectivity index (χ1v) is 8.78. The molecule has 1 aromatic heterocycles. The standard InChI is InChI=1S/C19H26N4O2/c1-3-4-5-6-7-8-17(15-9-11-16(24)12-10-15)22-23-19-20-14(2)13-18(25)21-19/h9-13,24H,3-8H2,1-2H3,(H2,20,21,23,25). The van der Waals surface area contributed by atoms with Crippen LogP contribution >= 0.6 is 0 Å². The third-order valence-corrected chi connectivity index (χ3v) is 3.88. The fourth-order valence-corrected chi connectivity index (χ4v) is 2.57. The van der Waals surface area contributed by atoms with Gasteiger partial charge in [0, 0.05) is 11.8 Å². The van der Waals surface area contributed by atoms with Crippen molar-refractivity contribution in [3.05, 3.63) is 51.9 Å². The first-order valence-electron chi connectivity index (χ1n) is 8.78. The number of hydrogen-bond acceptors (Lipinski definition) is 5. The molecule has 0 saturated carbocycles. The number of aromatic amines is 1. The van der Waals surface area contributed by atoms with E-state index in [9.17, 15) is 9.90 Å². The second-order valence-electron chi connectivity index (χ2n) is 6.12. The van der Waals surface area contributed by atoms with Gasteiger partial charge < -0.3 is 5.11 Å². The van der Waals surface area contributed by atoms with E-state index < -0.39 is 0 Å². The molecule has 0 bridgehead atoms. The zero-order chi connectivity index (χ0) is 18.1. The molecule has 0 aliphatic heterocycles. The Morgan fingerprint density at radius 2 is 1.92 bits per heavy atom. The molecule has 2 aromatic rings. The van der Waals surface area contributed by atoms with Crippen molar-refractivity contribution in [2.24, 2.45) is 5.10 Å². The van der Waals surface area contributed by atoms with Crippen LogP contribution in [0.4, 0.5) is 5.95 Å². The first-order chi connectivity index (χ1) is 12.1. The third-order valence-electron chi connectivity index (χ3n) is 3.88. The molecule has 0 atom stereocenters. The van der Waals surface area contributed by atoms with E-state index in [1.54, 1.807) is 19.1 Å². The minimum Gasteiger partial charge on any atom is -0.508 e. The van der Waals surface area contributed by atoms with E-state index in [4.69, 9.17) is 0 Å². The van der Waals surface area contributed by atoms with E-state index in [2.05, 4.69) is 27.4 Å². The zero-order valence-corrected chi connectivity index (χ0v) is 14.9. The summed E-state index contributed by atoms with van der Waals surface area (Å²) >= 11 is 0. The predicted molar refractivity (Wildman–Crippen MR) is 101 cm³/mol. The number of phenolic OH excluding ortho intramolecular Hbond substituents is 1. The average Bonchev–Trinajstić information content (AvgIpc) is 2.57. The van der Waals surface area contributed by atoms with Crippen molar-refractivity contribution in [2.75, 3.05) is 5.43 Å². The molecule has 0 radical (unpaired) electrons. The molecule has 0 saturated heterocycles. The fourth-order valence-electron chi connectivity index (χ4n) is 2.57. The maximum atomic E-state index is 11.5. The molecule has 0 fully saturated rings. The lowest BCUT2D eigenvalue weighted by Crippen LogP contribution is -2.12. The van der Waals surface area contributed by atoms with E-state index in [0.29, 0.717) is 11.6 Å². The van der Waals surface area contributed by atoms with Gasteiger partial charge in [-0.25, -0.2) is 10.4 Å². The molecule has 0 aliphatic rings. The van der Waals surface area contributed by atoms with Crippen LogP contribution in [0.15, 0.2) is 40.2 Å². The van der Waals surface area contributed by atoms with E-state index in [0.717, 1.165) is 30.5 Å². The van der Waals surface area contributed by atoms with Crippen LogP contribution in [0.25, 0.3) is 0 Å². The average molecular weight is 342 g/mol. The van der Waals surface area contributed by atoms with Gasteiger partial charge in [0.1, 0.15) is 5.75 Å². The molecule has 25 heavy (non-hydrogen) atoms. The van der Waals surface area contributed by atoms with Gasteiger partial charge in [-0.3, -0.25) is 9.78 Å². The van der Waals surface area contributed by atoms with Crippen LogP contribution in [0, 0.1) is 6.92 Å². The lowest BCUT2D eigenvalue weighted by atomic mass is 10.0. The molecule has 1 heterocycles. The van der Waals surface area contributed by atoms with Crippen molar-refractivity contribution in [3.63, 3.8) is 0 Å². The maximum absolute atomic E-state index is 11.5. The van der Waals surface area contributed by atoms with Gasteiger partial charge in [0.25, 0.3) is 5.56 Å². The summed E-state index contributed by atoms with van der Waals surface area (Å²) in [5, 5.41) is 13.9. The van der Waals surface area contributed by atoms with Crippen LogP contribution in [0.2, 0.25) is 0 Å². The first kappa shape index (κ1) is 18.7. The molecule has 6 nitrogen and oxygen atoms in total. The molecular formula is C19H26N4O2. The summed E-state index contributed by atoms with van der Waals surface area (Å²) in [5.41, 5.74) is 5.09. The highest BCUT2D eigenvalue weighted by atomic mass is 16.3. The summed E-state index contributed by atoms with van der Waals surface area (Å²) in [7, 11) is 0. The van der Waals surface area contributed by atoms with E-state index in [1.165, 1.54) is 25.3 Å². The van der Waals surface area contributed by atoms with Crippen molar-refractivity contribution < 1.29 is 5.11 Å². The summed E-state index contributed by atoms with van der Waals surface area (Å²) in [6, 6.07) is 8.41. The third kappa shape index (κ3) is 6.41. The van der Waals surface area contributed by atoms with Crippen molar-refractivity contribution >= 4 is 11.7 Å². The van der Waals surface area contributed by atoms with Gasteiger partial charge in [0.2, 0.25) is 5.95 Å². The Balaban J connectivity index is 2.11. The quantitative estimate of drug-likeness (QED) is 0.365. The Hall–Kier alpha value is -2.63. The Kier molecular flexibility index (Phi) is 7.19. The van der Waals surface area contributed by atoms with Crippen LogP contribution in [-0.2, 0) is 0 Å². The second kappa shape index (κ2) is 9.61. The minimum absolute atomic E-state index is 0.212. The molecule has 0 unspecified atom stereocenters. The van der Waals surface area contributed by atoms with E-state index in [-0.39, 0.29) is 11.3 Å².